The van der Waals surface area contributed by atoms with Crippen LogP contribution in [0.25, 0.3) is 0 Å². The molecule has 136 valence electrons. The smallest absolute Gasteiger partial charge is 0.251 e. The van der Waals surface area contributed by atoms with E-state index in [1.54, 1.807) is 6.07 Å². The average Bonchev–Trinajstić information content (AvgIpc) is 3.26. The van der Waals surface area contributed by atoms with Crippen LogP contribution in [0.15, 0.2) is 18.2 Å². The van der Waals surface area contributed by atoms with Crippen molar-refractivity contribution in [2.45, 2.75) is 44.4 Å². The van der Waals surface area contributed by atoms with Gasteiger partial charge in [-0.25, -0.2) is 8.78 Å². The zero-order valence-corrected chi connectivity index (χ0v) is 14.3. The zero-order valence-electron chi connectivity index (χ0n) is 14.3. The molecule has 0 unspecified atom stereocenters. The van der Waals surface area contributed by atoms with E-state index in [-0.39, 0.29) is 18.1 Å². The lowest BCUT2D eigenvalue weighted by atomic mass is 9.91. The molecule has 1 amide bonds. The second kappa shape index (κ2) is 7.00. The Morgan fingerprint density at radius 1 is 1.16 bits per heavy atom. The summed E-state index contributed by atoms with van der Waals surface area (Å²) in [5.41, 5.74) is 0.764. The Kier molecular flexibility index (Phi) is 4.73. The molecule has 4 rings (SSSR count). The van der Waals surface area contributed by atoms with Crippen LogP contribution < -0.4 is 0 Å². The maximum Gasteiger partial charge on any atom is 0.251 e. The number of nitrogens with zero attached hydrogens (tertiary/aromatic N) is 2. The minimum Gasteiger partial charge on any atom is -0.364 e. The SMILES string of the molecule is O=C([C@H]1C[C@@H]2CCN(Cc3ccc(F)c(F)c3)C[C@H]2O1)N1CCCC1. The van der Waals surface area contributed by atoms with Crippen molar-refractivity contribution in [1.29, 1.82) is 0 Å². The largest absolute Gasteiger partial charge is 0.364 e. The molecule has 0 N–H and O–H groups in total. The molecule has 3 aliphatic rings. The number of carbonyl (C=O) groups is 1. The number of benzene rings is 1. The minimum atomic E-state index is -0.815. The Balaban J connectivity index is 1.35. The number of halogens is 2. The number of piperidine rings is 1. The first-order chi connectivity index (χ1) is 12.1. The number of carbonyl (C=O) groups excluding carboxylic acids is 1. The highest BCUT2D eigenvalue weighted by Crippen LogP contribution is 2.34. The molecule has 3 heterocycles. The molecule has 3 aliphatic heterocycles. The van der Waals surface area contributed by atoms with Crippen LogP contribution in [-0.4, -0.2) is 54.1 Å². The molecule has 3 saturated heterocycles. The van der Waals surface area contributed by atoms with E-state index in [0.717, 1.165) is 57.4 Å². The van der Waals surface area contributed by atoms with E-state index in [4.69, 9.17) is 4.74 Å². The first-order valence-corrected chi connectivity index (χ1v) is 9.20. The van der Waals surface area contributed by atoms with Gasteiger partial charge in [-0.15, -0.1) is 0 Å². The summed E-state index contributed by atoms with van der Waals surface area (Å²) in [5.74, 6) is -1.04. The summed E-state index contributed by atoms with van der Waals surface area (Å²) in [4.78, 5) is 16.7. The van der Waals surface area contributed by atoms with E-state index < -0.39 is 11.6 Å². The van der Waals surface area contributed by atoms with Crippen molar-refractivity contribution in [2.24, 2.45) is 5.92 Å². The highest BCUT2D eigenvalue weighted by molar-refractivity contribution is 5.81. The number of ether oxygens (including phenoxy) is 1. The van der Waals surface area contributed by atoms with E-state index in [2.05, 4.69) is 4.90 Å². The molecule has 25 heavy (non-hydrogen) atoms. The summed E-state index contributed by atoms with van der Waals surface area (Å²) < 4.78 is 32.5. The first-order valence-electron chi connectivity index (χ1n) is 9.20. The van der Waals surface area contributed by atoms with Crippen LogP contribution in [-0.2, 0) is 16.1 Å². The Morgan fingerprint density at radius 2 is 1.96 bits per heavy atom. The Bertz CT molecular complexity index is 648. The molecule has 0 aromatic heterocycles. The number of likely N-dealkylation sites (tertiary alicyclic amines) is 2. The van der Waals surface area contributed by atoms with Crippen LogP contribution in [0.2, 0.25) is 0 Å². The minimum absolute atomic E-state index is 0.0654. The van der Waals surface area contributed by atoms with E-state index in [0.29, 0.717) is 12.5 Å². The fourth-order valence-corrected chi connectivity index (χ4v) is 4.33. The second-order valence-electron chi connectivity index (χ2n) is 7.46. The molecular weight excluding hydrogens is 326 g/mol. The fourth-order valence-electron chi connectivity index (χ4n) is 4.33. The Labute approximate surface area is 146 Å². The summed E-state index contributed by atoms with van der Waals surface area (Å²) in [7, 11) is 0. The Hall–Kier alpha value is -1.53. The van der Waals surface area contributed by atoms with Crippen LogP contribution in [0.1, 0.15) is 31.2 Å². The van der Waals surface area contributed by atoms with E-state index in [1.165, 1.54) is 12.1 Å². The second-order valence-corrected chi connectivity index (χ2v) is 7.46. The molecule has 4 nitrogen and oxygen atoms in total. The van der Waals surface area contributed by atoms with Gasteiger partial charge in [0.15, 0.2) is 11.6 Å². The van der Waals surface area contributed by atoms with Crippen LogP contribution in [0.5, 0.6) is 0 Å². The van der Waals surface area contributed by atoms with Gasteiger partial charge < -0.3 is 9.64 Å². The summed E-state index contributed by atoms with van der Waals surface area (Å²) in [5, 5.41) is 0. The van der Waals surface area contributed by atoms with Crippen molar-refractivity contribution in [2.75, 3.05) is 26.2 Å². The monoisotopic (exact) mass is 350 g/mol. The molecule has 3 fully saturated rings. The third-order valence-corrected chi connectivity index (χ3v) is 5.72. The van der Waals surface area contributed by atoms with Crippen LogP contribution in [0.4, 0.5) is 8.78 Å². The predicted molar refractivity (Wildman–Crippen MR) is 88.8 cm³/mol. The van der Waals surface area contributed by atoms with Crippen molar-refractivity contribution in [3.8, 4) is 0 Å². The lowest BCUT2D eigenvalue weighted by Gasteiger charge is -2.34. The number of fused-ring (bicyclic) bond motifs is 1. The van der Waals surface area contributed by atoms with E-state index in [9.17, 15) is 13.6 Å². The molecule has 1 aromatic carbocycles. The van der Waals surface area contributed by atoms with Gasteiger partial charge in [0.2, 0.25) is 0 Å². The molecule has 0 aliphatic carbocycles. The number of hydrogen-bond acceptors (Lipinski definition) is 3. The van der Waals surface area contributed by atoms with Gasteiger partial charge in [-0.1, -0.05) is 6.07 Å². The quantitative estimate of drug-likeness (QED) is 0.840. The van der Waals surface area contributed by atoms with Crippen molar-refractivity contribution in [3.63, 3.8) is 0 Å². The maximum atomic E-state index is 13.4. The third kappa shape index (κ3) is 3.55. The Morgan fingerprint density at radius 3 is 2.72 bits per heavy atom. The molecule has 0 saturated carbocycles. The number of hydrogen-bond donors (Lipinski definition) is 0. The molecule has 1 aromatic rings. The van der Waals surface area contributed by atoms with E-state index in [1.807, 2.05) is 4.90 Å². The predicted octanol–water partition coefficient (Wildman–Crippen LogP) is 2.57. The summed E-state index contributed by atoms with van der Waals surface area (Å²) in [6, 6.07) is 4.06. The fraction of sp³-hybridized carbons (Fsp3) is 0.632. The standard InChI is InChI=1S/C19H24F2N2O2/c20-15-4-3-13(9-16(15)21)11-22-8-5-14-10-17(25-18(14)12-22)19(24)23-6-1-2-7-23/h3-4,9,14,17-18H,1-2,5-8,10-12H2/t14-,17+,18+/m0/s1. The lowest BCUT2D eigenvalue weighted by Crippen LogP contribution is -2.42. The first kappa shape index (κ1) is 16.9. The molecule has 6 heteroatoms. The van der Waals surface area contributed by atoms with Crippen LogP contribution >= 0.6 is 0 Å². The van der Waals surface area contributed by atoms with Crippen molar-refractivity contribution < 1.29 is 18.3 Å². The van der Waals surface area contributed by atoms with Gasteiger partial charge in [0.1, 0.15) is 6.10 Å². The van der Waals surface area contributed by atoms with Gasteiger partial charge in [0, 0.05) is 26.2 Å². The summed E-state index contributed by atoms with van der Waals surface area (Å²) >= 11 is 0. The molecule has 0 bridgehead atoms. The van der Waals surface area contributed by atoms with E-state index >= 15 is 0 Å². The maximum absolute atomic E-state index is 13.4. The van der Waals surface area contributed by atoms with Gasteiger partial charge >= 0.3 is 0 Å². The summed E-state index contributed by atoms with van der Waals surface area (Å²) in [6.45, 7) is 3.93. The molecule has 3 atom stereocenters. The highest BCUT2D eigenvalue weighted by atomic mass is 19.2. The van der Waals surface area contributed by atoms with Crippen LogP contribution in [0, 0.1) is 17.6 Å². The van der Waals surface area contributed by atoms with Gasteiger partial charge in [-0.3, -0.25) is 9.69 Å². The van der Waals surface area contributed by atoms with Crippen LogP contribution in [0.3, 0.4) is 0 Å². The van der Waals surface area contributed by atoms with Crippen molar-refractivity contribution in [1.82, 2.24) is 9.80 Å². The summed E-state index contributed by atoms with van der Waals surface area (Å²) in [6.07, 6.45) is 3.75. The molecular formula is C19H24F2N2O2. The van der Waals surface area contributed by atoms with Crippen molar-refractivity contribution in [3.05, 3.63) is 35.4 Å². The number of amides is 1. The van der Waals surface area contributed by atoms with Gasteiger partial charge in [-0.05, 0) is 55.8 Å². The lowest BCUT2D eigenvalue weighted by molar-refractivity contribution is -0.142. The topological polar surface area (TPSA) is 32.8 Å². The number of rotatable bonds is 3. The molecule has 0 radical (unpaired) electrons. The average molecular weight is 350 g/mol. The normalized spacial score (nSPS) is 29.8. The zero-order chi connectivity index (χ0) is 17.4. The van der Waals surface area contributed by atoms with Gasteiger partial charge in [-0.2, -0.15) is 0 Å². The van der Waals surface area contributed by atoms with Gasteiger partial charge in [0.25, 0.3) is 5.91 Å². The highest BCUT2D eigenvalue weighted by Gasteiger charge is 2.43. The van der Waals surface area contributed by atoms with Gasteiger partial charge in [0.05, 0.1) is 6.10 Å². The van der Waals surface area contributed by atoms with Crippen molar-refractivity contribution >= 4 is 5.91 Å². The molecule has 0 spiro atoms. The third-order valence-electron chi connectivity index (χ3n) is 5.72.